The second-order valence-corrected chi connectivity index (χ2v) is 5.90. The lowest BCUT2D eigenvalue weighted by molar-refractivity contribution is -0.387. The zero-order valence-corrected chi connectivity index (χ0v) is 11.6. The number of nitrogens with one attached hydrogen (secondary N) is 1. The van der Waals surface area contributed by atoms with Gasteiger partial charge in [-0.3, -0.25) is 10.1 Å². The van der Waals surface area contributed by atoms with Crippen molar-refractivity contribution in [2.45, 2.75) is 31.2 Å². The Hall–Kier alpha value is -1.51. The van der Waals surface area contributed by atoms with Gasteiger partial charge >= 0.3 is 0 Å². The van der Waals surface area contributed by atoms with Gasteiger partial charge in [-0.25, -0.2) is 13.1 Å². The quantitative estimate of drug-likeness (QED) is 0.596. The number of rotatable bonds is 6. The molecule has 0 saturated heterocycles. The molecule has 8 heteroatoms. The van der Waals surface area contributed by atoms with Gasteiger partial charge in [0, 0.05) is 18.7 Å². The maximum atomic E-state index is 12.1. The first-order valence-electron chi connectivity index (χ1n) is 5.78. The highest BCUT2D eigenvalue weighted by Gasteiger charge is 2.27. The highest BCUT2D eigenvalue weighted by atomic mass is 32.2. The summed E-state index contributed by atoms with van der Waals surface area (Å²) >= 11 is 0. The standard InChI is InChI=1S/C11H17N3O4S/c1-3-9(12)7-13-19(17,18)11-8(2)5-4-6-10(11)14(15)16/h4-6,9,13H,3,7,12H2,1-2H3. The van der Waals surface area contributed by atoms with Crippen molar-refractivity contribution in [3.05, 3.63) is 33.9 Å². The van der Waals surface area contributed by atoms with Crippen LogP contribution in [-0.2, 0) is 10.0 Å². The van der Waals surface area contributed by atoms with E-state index in [-0.39, 0.29) is 17.5 Å². The SMILES string of the molecule is CCC(N)CNS(=O)(=O)c1c(C)cccc1[N+](=O)[O-]. The van der Waals surface area contributed by atoms with Gasteiger partial charge in [0.2, 0.25) is 10.0 Å². The van der Waals surface area contributed by atoms with Crippen LogP contribution in [0.25, 0.3) is 0 Å². The molecular formula is C11H17N3O4S. The zero-order valence-electron chi connectivity index (χ0n) is 10.8. The highest BCUT2D eigenvalue weighted by molar-refractivity contribution is 7.89. The number of benzene rings is 1. The fraction of sp³-hybridized carbons (Fsp3) is 0.455. The molecule has 1 atom stereocenters. The summed E-state index contributed by atoms with van der Waals surface area (Å²) < 4.78 is 26.6. The Balaban J connectivity index is 3.17. The molecule has 19 heavy (non-hydrogen) atoms. The predicted octanol–water partition coefficient (Wildman–Crippen LogP) is 0.919. The summed E-state index contributed by atoms with van der Waals surface area (Å²) in [6.45, 7) is 3.39. The first kappa shape index (κ1) is 15.5. The molecule has 0 fully saturated rings. The van der Waals surface area contributed by atoms with Crippen molar-refractivity contribution in [3.8, 4) is 0 Å². The zero-order chi connectivity index (χ0) is 14.6. The second-order valence-electron chi connectivity index (χ2n) is 4.20. The lowest BCUT2D eigenvalue weighted by atomic mass is 10.2. The molecule has 1 unspecified atom stereocenters. The van der Waals surface area contributed by atoms with Crippen molar-refractivity contribution in [3.63, 3.8) is 0 Å². The number of sulfonamides is 1. The molecular weight excluding hydrogens is 270 g/mol. The number of nitro groups is 1. The monoisotopic (exact) mass is 287 g/mol. The number of nitrogens with two attached hydrogens (primary N) is 1. The minimum atomic E-state index is -3.94. The van der Waals surface area contributed by atoms with Crippen LogP contribution in [0.1, 0.15) is 18.9 Å². The van der Waals surface area contributed by atoms with Crippen molar-refractivity contribution < 1.29 is 13.3 Å². The highest BCUT2D eigenvalue weighted by Crippen LogP contribution is 2.26. The molecule has 1 aromatic rings. The number of nitro benzene ring substituents is 1. The topological polar surface area (TPSA) is 115 Å². The lowest BCUT2D eigenvalue weighted by Crippen LogP contribution is -2.37. The minimum Gasteiger partial charge on any atom is -0.327 e. The van der Waals surface area contributed by atoms with E-state index in [2.05, 4.69) is 4.72 Å². The average molecular weight is 287 g/mol. The van der Waals surface area contributed by atoms with Crippen LogP contribution in [-0.4, -0.2) is 25.9 Å². The molecule has 1 rings (SSSR count). The Morgan fingerprint density at radius 1 is 1.47 bits per heavy atom. The first-order chi connectivity index (χ1) is 8.79. The molecule has 106 valence electrons. The summed E-state index contributed by atoms with van der Waals surface area (Å²) in [4.78, 5) is 9.89. The van der Waals surface area contributed by atoms with E-state index in [0.717, 1.165) is 0 Å². The number of aryl methyl sites for hydroxylation is 1. The largest absolute Gasteiger partial charge is 0.327 e. The molecule has 3 N–H and O–H groups in total. The third kappa shape index (κ3) is 3.72. The van der Waals surface area contributed by atoms with Crippen LogP contribution in [0.2, 0.25) is 0 Å². The maximum Gasteiger partial charge on any atom is 0.289 e. The predicted molar refractivity (Wildman–Crippen MR) is 71.3 cm³/mol. The molecule has 0 saturated carbocycles. The van der Waals surface area contributed by atoms with Gasteiger partial charge in [-0.2, -0.15) is 0 Å². The number of nitrogens with zero attached hydrogens (tertiary/aromatic N) is 1. The Kier molecular flexibility index (Phi) is 4.98. The minimum absolute atomic E-state index is 0.0460. The molecule has 0 aromatic heterocycles. The molecule has 0 radical (unpaired) electrons. The van der Waals surface area contributed by atoms with Crippen LogP contribution < -0.4 is 10.5 Å². The molecule has 7 nitrogen and oxygen atoms in total. The van der Waals surface area contributed by atoms with Gasteiger partial charge in [0.15, 0.2) is 4.90 Å². The van der Waals surface area contributed by atoms with Crippen molar-refractivity contribution in [2.24, 2.45) is 5.73 Å². The molecule has 0 amide bonds. The molecule has 0 heterocycles. The van der Waals surface area contributed by atoms with Gasteiger partial charge in [-0.15, -0.1) is 0 Å². The van der Waals surface area contributed by atoms with E-state index < -0.39 is 20.6 Å². The van der Waals surface area contributed by atoms with Gasteiger partial charge in [0.25, 0.3) is 5.69 Å². The summed E-state index contributed by atoms with van der Waals surface area (Å²) in [6.07, 6.45) is 0.610. The Morgan fingerprint density at radius 2 is 2.11 bits per heavy atom. The van der Waals surface area contributed by atoms with Crippen LogP contribution in [0.15, 0.2) is 23.1 Å². The Bertz CT molecular complexity index is 571. The van der Waals surface area contributed by atoms with Gasteiger partial charge < -0.3 is 5.73 Å². The molecule has 0 bridgehead atoms. The maximum absolute atomic E-state index is 12.1. The van der Waals surface area contributed by atoms with Crippen molar-refractivity contribution >= 4 is 15.7 Å². The van der Waals surface area contributed by atoms with E-state index in [1.54, 1.807) is 0 Å². The number of hydrogen-bond acceptors (Lipinski definition) is 5. The Labute approximate surface area is 112 Å². The number of hydrogen-bond donors (Lipinski definition) is 2. The van der Waals surface area contributed by atoms with Gasteiger partial charge in [-0.05, 0) is 18.9 Å². The van der Waals surface area contributed by atoms with E-state index in [1.807, 2.05) is 6.92 Å². The molecule has 0 spiro atoms. The lowest BCUT2D eigenvalue weighted by Gasteiger charge is -2.12. The van der Waals surface area contributed by atoms with Crippen molar-refractivity contribution in [1.82, 2.24) is 4.72 Å². The van der Waals surface area contributed by atoms with E-state index >= 15 is 0 Å². The summed E-state index contributed by atoms with van der Waals surface area (Å²) in [5.41, 5.74) is 5.53. The van der Waals surface area contributed by atoms with Gasteiger partial charge in [-0.1, -0.05) is 19.1 Å². The van der Waals surface area contributed by atoms with E-state index in [4.69, 9.17) is 5.73 Å². The van der Waals surface area contributed by atoms with Crippen LogP contribution >= 0.6 is 0 Å². The van der Waals surface area contributed by atoms with E-state index in [0.29, 0.717) is 12.0 Å². The summed E-state index contributed by atoms with van der Waals surface area (Å²) in [6, 6.07) is 3.81. The van der Waals surface area contributed by atoms with E-state index in [1.165, 1.54) is 25.1 Å². The van der Waals surface area contributed by atoms with Crippen LogP contribution in [0.4, 0.5) is 5.69 Å². The molecule has 0 aliphatic rings. The summed E-state index contributed by atoms with van der Waals surface area (Å²) in [7, 11) is -3.94. The third-order valence-corrected chi connectivity index (χ3v) is 4.33. The van der Waals surface area contributed by atoms with Gasteiger partial charge in [0.1, 0.15) is 0 Å². The smallest absolute Gasteiger partial charge is 0.289 e. The molecule has 0 aliphatic heterocycles. The van der Waals surface area contributed by atoms with Crippen LogP contribution in [0.5, 0.6) is 0 Å². The second kappa shape index (κ2) is 6.09. The summed E-state index contributed by atoms with van der Waals surface area (Å²) in [5.74, 6) is 0. The Morgan fingerprint density at radius 3 is 2.63 bits per heavy atom. The third-order valence-electron chi connectivity index (χ3n) is 2.72. The normalized spacial score (nSPS) is 13.2. The van der Waals surface area contributed by atoms with E-state index in [9.17, 15) is 18.5 Å². The van der Waals surface area contributed by atoms with Crippen LogP contribution in [0, 0.1) is 17.0 Å². The fourth-order valence-electron chi connectivity index (χ4n) is 1.56. The molecule has 0 aliphatic carbocycles. The van der Waals surface area contributed by atoms with Crippen molar-refractivity contribution in [1.29, 1.82) is 0 Å². The summed E-state index contributed by atoms with van der Waals surface area (Å²) in [5, 5.41) is 10.9. The van der Waals surface area contributed by atoms with Crippen molar-refractivity contribution in [2.75, 3.05) is 6.54 Å². The first-order valence-corrected chi connectivity index (χ1v) is 7.27. The van der Waals surface area contributed by atoms with Crippen LogP contribution in [0.3, 0.4) is 0 Å². The van der Waals surface area contributed by atoms with Gasteiger partial charge in [0.05, 0.1) is 4.92 Å². The molecule has 1 aromatic carbocycles. The average Bonchev–Trinajstić information content (AvgIpc) is 2.35. The fourth-order valence-corrected chi connectivity index (χ4v) is 3.05.